The molecule has 106 valence electrons. The zero-order valence-electron chi connectivity index (χ0n) is 10.7. The number of hydrogen-bond acceptors (Lipinski definition) is 3. The van der Waals surface area contributed by atoms with Crippen molar-refractivity contribution in [3.05, 3.63) is 28.8 Å². The van der Waals surface area contributed by atoms with Crippen LogP contribution < -0.4 is 10.1 Å². The molecule has 0 bridgehead atoms. The average Bonchev–Trinajstić information content (AvgIpc) is 3.18. The number of nitrogens with one attached hydrogen (secondary N) is 1. The van der Waals surface area contributed by atoms with Crippen molar-refractivity contribution in [2.24, 2.45) is 5.92 Å². The van der Waals surface area contributed by atoms with E-state index in [0.29, 0.717) is 24.3 Å². The molecule has 0 spiro atoms. The van der Waals surface area contributed by atoms with Gasteiger partial charge in [-0.1, -0.05) is 11.6 Å². The number of ether oxygens (including phenoxy) is 1. The van der Waals surface area contributed by atoms with E-state index < -0.39 is 11.5 Å². The van der Waals surface area contributed by atoms with E-state index in [1.54, 1.807) is 18.2 Å². The van der Waals surface area contributed by atoms with Crippen LogP contribution in [0.3, 0.4) is 0 Å². The monoisotopic (exact) mass is 295 g/mol. The molecule has 2 N–H and O–H groups in total. The minimum Gasteiger partial charge on any atom is -0.492 e. The zero-order chi connectivity index (χ0) is 14.3. The Labute approximate surface area is 120 Å². The highest BCUT2D eigenvalue weighted by Crippen LogP contribution is 2.36. The van der Waals surface area contributed by atoms with Gasteiger partial charge in [-0.2, -0.15) is 0 Å². The van der Waals surface area contributed by atoms with Crippen LogP contribution in [0.25, 0.3) is 0 Å². The van der Waals surface area contributed by atoms with Gasteiger partial charge >= 0.3 is 5.97 Å². The predicted octanol–water partition coefficient (Wildman–Crippen LogP) is 1.62. The largest absolute Gasteiger partial charge is 0.492 e. The number of benzene rings is 1. The number of aliphatic carboxylic acids is 1. The van der Waals surface area contributed by atoms with E-state index in [4.69, 9.17) is 21.4 Å². The third kappa shape index (κ3) is 2.33. The van der Waals surface area contributed by atoms with E-state index in [1.165, 1.54) is 0 Å². The van der Waals surface area contributed by atoms with Gasteiger partial charge in [0, 0.05) is 5.02 Å². The van der Waals surface area contributed by atoms with Crippen LogP contribution in [0, 0.1) is 5.92 Å². The molecule has 1 amide bonds. The minimum atomic E-state index is -1.05. The number of rotatable bonds is 3. The molecule has 1 aromatic rings. The van der Waals surface area contributed by atoms with Crippen LogP contribution in [0.2, 0.25) is 5.02 Å². The van der Waals surface area contributed by atoms with Crippen molar-refractivity contribution in [1.29, 1.82) is 0 Å². The van der Waals surface area contributed by atoms with Gasteiger partial charge in [0.2, 0.25) is 5.91 Å². The van der Waals surface area contributed by atoms with Crippen LogP contribution >= 0.6 is 11.6 Å². The number of carbonyl (C=O) groups is 2. The number of carboxylic acids is 1. The maximum Gasteiger partial charge on any atom is 0.329 e. The lowest BCUT2D eigenvalue weighted by Crippen LogP contribution is -2.47. The van der Waals surface area contributed by atoms with Crippen LogP contribution in [-0.2, 0) is 16.0 Å². The van der Waals surface area contributed by atoms with Crippen LogP contribution in [-0.4, -0.2) is 29.1 Å². The summed E-state index contributed by atoms with van der Waals surface area (Å²) in [5.41, 5.74) is -0.171. The number of carbonyl (C=O) groups excluding carboxylic acids is 1. The first kappa shape index (κ1) is 13.2. The van der Waals surface area contributed by atoms with Crippen LogP contribution in [0.15, 0.2) is 18.2 Å². The minimum absolute atomic E-state index is 0.260. The second kappa shape index (κ2) is 4.66. The lowest BCUT2D eigenvalue weighted by Gasteiger charge is -2.26. The molecule has 1 aliphatic carbocycles. The summed E-state index contributed by atoms with van der Waals surface area (Å²) in [6.07, 6.45) is 1.49. The van der Waals surface area contributed by atoms with Crippen molar-refractivity contribution in [3.8, 4) is 5.75 Å². The second-order valence-corrected chi connectivity index (χ2v) is 5.78. The van der Waals surface area contributed by atoms with Gasteiger partial charge in [0.15, 0.2) is 0 Å². The summed E-state index contributed by atoms with van der Waals surface area (Å²) in [6.45, 7) is 0.260. The van der Waals surface area contributed by atoms with E-state index in [9.17, 15) is 9.59 Å². The summed E-state index contributed by atoms with van der Waals surface area (Å²) < 4.78 is 5.54. The molecule has 1 atom stereocenters. The quantitative estimate of drug-likeness (QED) is 0.888. The Bertz CT molecular complexity index is 583. The molecule has 5 nitrogen and oxygen atoms in total. The average molecular weight is 296 g/mol. The van der Waals surface area contributed by atoms with Crippen LogP contribution in [0.5, 0.6) is 5.75 Å². The molecule has 1 aliphatic heterocycles. The van der Waals surface area contributed by atoms with Gasteiger partial charge in [-0.05, 0) is 43.0 Å². The summed E-state index contributed by atoms with van der Waals surface area (Å²) in [6, 6.07) is 5.30. The standard InChI is InChI=1S/C14H14ClNO4/c15-10-1-2-11-8(6-10)5-9(7-20-11)12(17)16-14(3-4-14)13(18)19/h1-2,6,9H,3-5,7H2,(H,16,17)(H,18,19). The first-order valence-electron chi connectivity index (χ1n) is 6.47. The SMILES string of the molecule is O=C(NC1(C(=O)O)CC1)C1COc2ccc(Cl)cc2C1. The molecule has 1 heterocycles. The number of hydrogen-bond donors (Lipinski definition) is 2. The molecule has 3 rings (SSSR count). The maximum absolute atomic E-state index is 12.2. The fraction of sp³-hybridized carbons (Fsp3) is 0.429. The predicted molar refractivity (Wildman–Crippen MR) is 71.9 cm³/mol. The lowest BCUT2D eigenvalue weighted by molar-refractivity contribution is -0.144. The molecule has 0 aromatic heterocycles. The van der Waals surface area contributed by atoms with Gasteiger partial charge in [0.1, 0.15) is 17.9 Å². The van der Waals surface area contributed by atoms with E-state index >= 15 is 0 Å². The highest BCUT2D eigenvalue weighted by molar-refractivity contribution is 6.30. The molecule has 2 aliphatic rings. The van der Waals surface area contributed by atoms with Crippen LogP contribution in [0.4, 0.5) is 0 Å². The summed E-state index contributed by atoms with van der Waals surface area (Å²) in [5.74, 6) is -0.878. The molecular weight excluding hydrogens is 282 g/mol. The first-order valence-corrected chi connectivity index (χ1v) is 6.85. The summed E-state index contributed by atoms with van der Waals surface area (Å²) >= 11 is 5.93. The van der Waals surface area contributed by atoms with Crippen LogP contribution in [0.1, 0.15) is 18.4 Å². The summed E-state index contributed by atoms with van der Waals surface area (Å²) in [7, 11) is 0. The van der Waals surface area contributed by atoms with E-state index in [1.807, 2.05) is 0 Å². The molecule has 1 fully saturated rings. The molecule has 0 saturated heterocycles. The van der Waals surface area contributed by atoms with Crippen molar-refractivity contribution >= 4 is 23.5 Å². The van der Waals surface area contributed by atoms with E-state index in [2.05, 4.69) is 5.32 Å². The van der Waals surface area contributed by atoms with Crippen molar-refractivity contribution in [1.82, 2.24) is 5.32 Å². The van der Waals surface area contributed by atoms with Gasteiger partial charge in [0.25, 0.3) is 0 Å². The molecule has 1 unspecified atom stereocenters. The fourth-order valence-corrected chi connectivity index (χ4v) is 2.58. The lowest BCUT2D eigenvalue weighted by atomic mass is 9.95. The Morgan fingerprint density at radius 1 is 1.40 bits per heavy atom. The van der Waals surface area contributed by atoms with Crippen molar-refractivity contribution < 1.29 is 19.4 Å². The number of amides is 1. The van der Waals surface area contributed by atoms with Crippen molar-refractivity contribution in [3.63, 3.8) is 0 Å². The fourth-order valence-electron chi connectivity index (χ4n) is 2.39. The maximum atomic E-state index is 12.2. The number of carboxylic acid groups (broad SMARTS) is 1. The molecule has 6 heteroatoms. The third-order valence-electron chi connectivity index (χ3n) is 3.82. The highest BCUT2D eigenvalue weighted by Gasteiger charge is 2.52. The van der Waals surface area contributed by atoms with Gasteiger partial charge < -0.3 is 15.2 Å². The van der Waals surface area contributed by atoms with Gasteiger partial charge in [-0.15, -0.1) is 0 Å². The Hall–Kier alpha value is -1.75. The molecule has 1 aromatic carbocycles. The third-order valence-corrected chi connectivity index (χ3v) is 4.06. The zero-order valence-corrected chi connectivity index (χ0v) is 11.4. The Balaban J connectivity index is 1.70. The molecule has 0 radical (unpaired) electrons. The topological polar surface area (TPSA) is 75.6 Å². The highest BCUT2D eigenvalue weighted by atomic mass is 35.5. The molecular formula is C14H14ClNO4. The molecule has 1 saturated carbocycles. The van der Waals surface area contributed by atoms with E-state index in [0.717, 1.165) is 11.3 Å². The Morgan fingerprint density at radius 3 is 2.80 bits per heavy atom. The van der Waals surface area contributed by atoms with Crippen molar-refractivity contribution in [2.75, 3.05) is 6.61 Å². The Kier molecular flexibility index (Phi) is 3.09. The van der Waals surface area contributed by atoms with Crippen molar-refractivity contribution in [2.45, 2.75) is 24.8 Å². The smallest absolute Gasteiger partial charge is 0.329 e. The van der Waals surface area contributed by atoms with E-state index in [-0.39, 0.29) is 18.4 Å². The van der Waals surface area contributed by atoms with Gasteiger partial charge in [-0.3, -0.25) is 4.79 Å². The first-order chi connectivity index (χ1) is 9.50. The normalized spacial score (nSPS) is 22.4. The number of halogens is 1. The second-order valence-electron chi connectivity index (χ2n) is 5.34. The Morgan fingerprint density at radius 2 is 2.15 bits per heavy atom. The van der Waals surface area contributed by atoms with Gasteiger partial charge in [-0.25, -0.2) is 4.79 Å². The molecule has 20 heavy (non-hydrogen) atoms. The summed E-state index contributed by atoms with van der Waals surface area (Å²) in [5, 5.41) is 12.3. The van der Waals surface area contributed by atoms with Gasteiger partial charge in [0.05, 0.1) is 5.92 Å². The summed E-state index contributed by atoms with van der Waals surface area (Å²) in [4.78, 5) is 23.2. The number of fused-ring (bicyclic) bond motifs is 1.